The average Bonchev–Trinajstić information content (AvgIpc) is 3.05. The third-order valence-electron chi connectivity index (χ3n) is 7.01. The first kappa shape index (κ1) is 22.7. The fourth-order valence-electron chi connectivity index (χ4n) is 5.12. The first-order valence-corrected chi connectivity index (χ1v) is 12.1. The van der Waals surface area contributed by atoms with Crippen molar-refractivity contribution in [3.05, 3.63) is 63.8 Å². The van der Waals surface area contributed by atoms with Gasteiger partial charge in [-0.05, 0) is 44.2 Å². The number of benzene rings is 1. The van der Waals surface area contributed by atoms with E-state index in [1.165, 1.54) is 5.56 Å². The number of hydrogen-bond donors (Lipinski definition) is 0. The minimum atomic E-state index is 0.0968. The van der Waals surface area contributed by atoms with E-state index in [4.69, 9.17) is 4.98 Å². The number of likely N-dealkylation sites (tertiary alicyclic amines) is 1. The lowest BCUT2D eigenvalue weighted by molar-refractivity contribution is -0.133. The third kappa shape index (κ3) is 5.47. The maximum absolute atomic E-state index is 12.9. The summed E-state index contributed by atoms with van der Waals surface area (Å²) in [5.74, 6) is 1.81. The standard InChI is InChI=1S/C26H36N4O2/c1-20(21-9-5-3-6-10-21)18-28(2)19-26(32)29-15-12-22(13-16-29)23-17-25(31)30-14-8-4-7-11-24(30)27-23/h3,5-6,9-10,17,20,22H,4,7-8,11-16,18-19H2,1-2H3/t20-/m1/s1. The Balaban J connectivity index is 1.30. The van der Waals surface area contributed by atoms with Crippen LogP contribution in [-0.4, -0.2) is 58.5 Å². The fourth-order valence-corrected chi connectivity index (χ4v) is 5.12. The Kier molecular flexibility index (Phi) is 7.40. The van der Waals surface area contributed by atoms with Crippen molar-refractivity contribution in [2.75, 3.05) is 33.2 Å². The van der Waals surface area contributed by atoms with E-state index in [1.54, 1.807) is 6.07 Å². The molecule has 1 saturated heterocycles. The molecule has 2 aliphatic rings. The topological polar surface area (TPSA) is 58.4 Å². The van der Waals surface area contributed by atoms with E-state index in [1.807, 2.05) is 22.6 Å². The van der Waals surface area contributed by atoms with Crippen LogP contribution in [0, 0.1) is 0 Å². The Morgan fingerprint density at radius 1 is 1.12 bits per heavy atom. The molecule has 32 heavy (non-hydrogen) atoms. The number of amides is 1. The zero-order valence-corrected chi connectivity index (χ0v) is 19.5. The second-order valence-electron chi connectivity index (χ2n) is 9.56. The second kappa shape index (κ2) is 10.4. The lowest BCUT2D eigenvalue weighted by Gasteiger charge is -2.33. The number of fused-ring (bicyclic) bond motifs is 1. The van der Waals surface area contributed by atoms with Gasteiger partial charge in [0.15, 0.2) is 0 Å². The summed E-state index contributed by atoms with van der Waals surface area (Å²) in [6.07, 6.45) is 6.00. The van der Waals surface area contributed by atoms with Crippen LogP contribution in [0.1, 0.15) is 67.9 Å². The van der Waals surface area contributed by atoms with Crippen LogP contribution in [0.5, 0.6) is 0 Å². The summed E-state index contributed by atoms with van der Waals surface area (Å²) in [4.78, 5) is 34.5. The SMILES string of the molecule is C[C@H](CN(C)CC(=O)N1CCC(c2cc(=O)n3c(n2)CCCCC3)CC1)c1ccccc1. The number of nitrogens with zero attached hydrogens (tertiary/aromatic N) is 4. The molecule has 0 bridgehead atoms. The number of aryl methyl sites for hydroxylation is 1. The molecule has 0 unspecified atom stereocenters. The summed E-state index contributed by atoms with van der Waals surface area (Å²) in [7, 11) is 2.02. The van der Waals surface area contributed by atoms with Gasteiger partial charge in [-0.15, -0.1) is 0 Å². The predicted octanol–water partition coefficient (Wildman–Crippen LogP) is 3.41. The summed E-state index contributed by atoms with van der Waals surface area (Å²) in [5.41, 5.74) is 2.33. The first-order chi connectivity index (χ1) is 15.5. The Hall–Kier alpha value is -2.47. The van der Waals surface area contributed by atoms with Gasteiger partial charge in [0.1, 0.15) is 5.82 Å². The summed E-state index contributed by atoms with van der Waals surface area (Å²) in [6, 6.07) is 12.2. The van der Waals surface area contributed by atoms with E-state index in [9.17, 15) is 9.59 Å². The highest BCUT2D eigenvalue weighted by molar-refractivity contribution is 5.78. The van der Waals surface area contributed by atoms with Crippen LogP contribution in [0.15, 0.2) is 41.2 Å². The smallest absolute Gasteiger partial charge is 0.253 e. The Bertz CT molecular complexity index is 964. The molecule has 1 fully saturated rings. The van der Waals surface area contributed by atoms with Crippen LogP contribution in [0.2, 0.25) is 0 Å². The highest BCUT2D eigenvalue weighted by Gasteiger charge is 2.26. The Labute approximate surface area is 191 Å². The molecule has 2 aliphatic heterocycles. The second-order valence-corrected chi connectivity index (χ2v) is 9.56. The molecule has 0 aliphatic carbocycles. The van der Waals surface area contributed by atoms with Gasteiger partial charge in [-0.1, -0.05) is 43.7 Å². The monoisotopic (exact) mass is 436 g/mol. The normalized spacial score (nSPS) is 18.3. The zero-order chi connectivity index (χ0) is 22.5. The zero-order valence-electron chi connectivity index (χ0n) is 19.5. The third-order valence-corrected chi connectivity index (χ3v) is 7.01. The number of aromatic nitrogens is 2. The van der Waals surface area contributed by atoms with Crippen LogP contribution in [0.3, 0.4) is 0 Å². The van der Waals surface area contributed by atoms with Crippen LogP contribution in [-0.2, 0) is 17.8 Å². The van der Waals surface area contributed by atoms with Gasteiger partial charge in [0, 0.05) is 44.6 Å². The molecule has 1 atom stereocenters. The fraction of sp³-hybridized carbons (Fsp3) is 0.577. The molecule has 0 N–H and O–H groups in total. The molecular formula is C26H36N4O2. The number of rotatable bonds is 6. The van der Waals surface area contributed by atoms with E-state index in [-0.39, 0.29) is 17.4 Å². The molecule has 0 radical (unpaired) electrons. The van der Waals surface area contributed by atoms with Gasteiger partial charge in [0.25, 0.3) is 5.56 Å². The minimum absolute atomic E-state index is 0.0968. The number of carbonyl (C=O) groups excluding carboxylic acids is 1. The van der Waals surface area contributed by atoms with Crippen molar-refractivity contribution in [3.8, 4) is 0 Å². The van der Waals surface area contributed by atoms with Crippen LogP contribution >= 0.6 is 0 Å². The van der Waals surface area contributed by atoms with Crippen molar-refractivity contribution in [1.29, 1.82) is 0 Å². The van der Waals surface area contributed by atoms with Gasteiger partial charge in [-0.25, -0.2) is 4.98 Å². The molecule has 6 nitrogen and oxygen atoms in total. The largest absolute Gasteiger partial charge is 0.342 e. The lowest BCUT2D eigenvalue weighted by atomic mass is 9.93. The predicted molar refractivity (Wildman–Crippen MR) is 127 cm³/mol. The highest BCUT2D eigenvalue weighted by atomic mass is 16.2. The number of hydrogen-bond acceptors (Lipinski definition) is 4. The molecule has 6 heteroatoms. The molecular weight excluding hydrogens is 400 g/mol. The van der Waals surface area contributed by atoms with Crippen molar-refractivity contribution < 1.29 is 4.79 Å². The van der Waals surface area contributed by atoms with E-state index >= 15 is 0 Å². The molecule has 3 heterocycles. The van der Waals surface area contributed by atoms with Crippen molar-refractivity contribution in [2.24, 2.45) is 0 Å². The molecule has 172 valence electrons. The van der Waals surface area contributed by atoms with Crippen molar-refractivity contribution >= 4 is 5.91 Å². The molecule has 1 aromatic heterocycles. The average molecular weight is 437 g/mol. The van der Waals surface area contributed by atoms with E-state index < -0.39 is 0 Å². The number of likely N-dealkylation sites (N-methyl/N-ethyl adjacent to an activating group) is 1. The van der Waals surface area contributed by atoms with Crippen LogP contribution in [0.25, 0.3) is 0 Å². The minimum Gasteiger partial charge on any atom is -0.342 e. The highest BCUT2D eigenvalue weighted by Crippen LogP contribution is 2.27. The number of carbonyl (C=O) groups is 1. The molecule has 1 aromatic carbocycles. The van der Waals surface area contributed by atoms with Gasteiger partial charge in [-0.3, -0.25) is 19.1 Å². The van der Waals surface area contributed by atoms with Crippen molar-refractivity contribution in [1.82, 2.24) is 19.4 Å². The Morgan fingerprint density at radius 2 is 1.88 bits per heavy atom. The molecule has 1 amide bonds. The lowest BCUT2D eigenvalue weighted by Crippen LogP contribution is -2.43. The van der Waals surface area contributed by atoms with Gasteiger partial charge >= 0.3 is 0 Å². The molecule has 4 rings (SSSR count). The summed E-state index contributed by atoms with van der Waals surface area (Å²) in [5, 5.41) is 0. The van der Waals surface area contributed by atoms with E-state index in [0.29, 0.717) is 12.5 Å². The van der Waals surface area contributed by atoms with Gasteiger partial charge in [-0.2, -0.15) is 0 Å². The maximum Gasteiger partial charge on any atom is 0.253 e. The van der Waals surface area contributed by atoms with E-state index in [2.05, 4.69) is 36.1 Å². The van der Waals surface area contributed by atoms with E-state index in [0.717, 1.165) is 76.2 Å². The summed E-state index contributed by atoms with van der Waals surface area (Å²) in [6.45, 7) is 5.79. The van der Waals surface area contributed by atoms with Gasteiger partial charge in [0.05, 0.1) is 12.2 Å². The van der Waals surface area contributed by atoms with Gasteiger partial charge < -0.3 is 4.90 Å². The molecule has 0 spiro atoms. The van der Waals surface area contributed by atoms with Crippen LogP contribution in [0.4, 0.5) is 0 Å². The first-order valence-electron chi connectivity index (χ1n) is 12.1. The summed E-state index contributed by atoms with van der Waals surface area (Å²) < 4.78 is 1.86. The quantitative estimate of drug-likeness (QED) is 0.696. The molecule has 2 aromatic rings. The van der Waals surface area contributed by atoms with Crippen molar-refractivity contribution in [3.63, 3.8) is 0 Å². The van der Waals surface area contributed by atoms with Crippen LogP contribution < -0.4 is 5.56 Å². The van der Waals surface area contributed by atoms with Gasteiger partial charge in [0.2, 0.25) is 5.91 Å². The summed E-state index contributed by atoms with van der Waals surface area (Å²) >= 11 is 0. The van der Waals surface area contributed by atoms with Crippen molar-refractivity contribution in [2.45, 2.75) is 63.8 Å². The number of piperidine rings is 1. The maximum atomic E-state index is 12.9. The molecule has 0 saturated carbocycles. The Morgan fingerprint density at radius 3 is 2.62 bits per heavy atom.